The second kappa shape index (κ2) is 5.96. The van der Waals surface area contributed by atoms with Crippen LogP contribution >= 0.6 is 0 Å². The van der Waals surface area contributed by atoms with Crippen LogP contribution in [0.1, 0.15) is 11.1 Å². The second-order valence-electron chi connectivity index (χ2n) is 5.30. The summed E-state index contributed by atoms with van der Waals surface area (Å²) < 4.78 is 0. The van der Waals surface area contributed by atoms with Crippen LogP contribution in [0.5, 0.6) is 0 Å². The highest BCUT2D eigenvalue weighted by molar-refractivity contribution is 6.73. The predicted octanol–water partition coefficient (Wildman–Crippen LogP) is 3.33. The monoisotopic (exact) mass is 314 g/mol. The molecule has 24 heavy (non-hydrogen) atoms. The van der Waals surface area contributed by atoms with Gasteiger partial charge in [0.15, 0.2) is 0 Å². The van der Waals surface area contributed by atoms with Crippen molar-refractivity contribution >= 4 is 28.6 Å². The van der Waals surface area contributed by atoms with Crippen LogP contribution in [0, 0.1) is 0 Å². The van der Waals surface area contributed by atoms with Gasteiger partial charge in [0.05, 0.1) is 0 Å². The minimum atomic E-state index is -0.211. The summed E-state index contributed by atoms with van der Waals surface area (Å²) in [7, 11) is 0. The number of Topliss-reactive ketones (excluding diaryl/α,β-unsaturated/α-hetero) is 1. The SMILES string of the molecule is O=C(C1=NC=CNc2ccccc21)C1=NC=CNc2ccccc21. The molecule has 0 atom stereocenters. The summed E-state index contributed by atoms with van der Waals surface area (Å²) in [5.74, 6) is -0.211. The largest absolute Gasteiger partial charge is 0.360 e. The quantitative estimate of drug-likeness (QED) is 0.893. The number of fused-ring (bicyclic) bond motifs is 2. The first-order valence-corrected chi connectivity index (χ1v) is 7.57. The van der Waals surface area contributed by atoms with E-state index in [9.17, 15) is 4.79 Å². The highest BCUT2D eigenvalue weighted by atomic mass is 16.1. The van der Waals surface area contributed by atoms with Crippen molar-refractivity contribution in [3.63, 3.8) is 0 Å². The van der Waals surface area contributed by atoms with Gasteiger partial charge in [0.2, 0.25) is 5.78 Å². The lowest BCUT2D eigenvalue weighted by Crippen LogP contribution is -2.26. The van der Waals surface area contributed by atoms with Gasteiger partial charge < -0.3 is 10.6 Å². The number of hydrogen-bond acceptors (Lipinski definition) is 5. The Balaban J connectivity index is 1.83. The average Bonchev–Trinajstić information content (AvgIpc) is 2.97. The molecule has 2 N–H and O–H groups in total. The fourth-order valence-corrected chi connectivity index (χ4v) is 2.72. The number of hydrogen-bond donors (Lipinski definition) is 2. The Kier molecular flexibility index (Phi) is 3.51. The Morgan fingerprint density at radius 1 is 0.708 bits per heavy atom. The van der Waals surface area contributed by atoms with Gasteiger partial charge in [0.1, 0.15) is 11.4 Å². The van der Waals surface area contributed by atoms with Crippen molar-refractivity contribution in [2.75, 3.05) is 10.6 Å². The van der Waals surface area contributed by atoms with Crippen LogP contribution < -0.4 is 10.6 Å². The van der Waals surface area contributed by atoms with Crippen molar-refractivity contribution in [1.29, 1.82) is 0 Å². The molecule has 5 heteroatoms. The first-order chi connectivity index (χ1) is 11.8. The molecule has 0 bridgehead atoms. The van der Waals surface area contributed by atoms with Gasteiger partial charge in [0, 0.05) is 47.3 Å². The normalized spacial score (nSPS) is 14.8. The van der Waals surface area contributed by atoms with E-state index in [1.54, 1.807) is 24.8 Å². The summed E-state index contributed by atoms with van der Waals surface area (Å²) in [5.41, 5.74) is 3.94. The lowest BCUT2D eigenvalue weighted by Gasteiger charge is -2.12. The Bertz CT molecular complexity index is 862. The number of carbonyl (C=O) groups excluding carboxylic acids is 1. The maximum absolute atomic E-state index is 13.2. The van der Waals surface area contributed by atoms with Gasteiger partial charge in [-0.15, -0.1) is 0 Å². The van der Waals surface area contributed by atoms with Gasteiger partial charge >= 0.3 is 0 Å². The molecule has 0 fully saturated rings. The van der Waals surface area contributed by atoms with Crippen LogP contribution in [0.15, 0.2) is 83.3 Å². The number of carbonyl (C=O) groups is 1. The first kappa shape index (κ1) is 14.1. The molecule has 4 rings (SSSR count). The minimum Gasteiger partial charge on any atom is -0.360 e. The number of rotatable bonds is 2. The van der Waals surface area contributed by atoms with Crippen molar-refractivity contribution in [2.24, 2.45) is 9.98 Å². The third-order valence-corrected chi connectivity index (χ3v) is 3.83. The highest BCUT2D eigenvalue weighted by Crippen LogP contribution is 2.23. The number of nitrogens with one attached hydrogen (secondary N) is 2. The molecule has 0 radical (unpaired) electrons. The number of para-hydroxylation sites is 2. The fraction of sp³-hybridized carbons (Fsp3) is 0. The van der Waals surface area contributed by atoms with E-state index in [2.05, 4.69) is 20.6 Å². The zero-order chi connectivity index (χ0) is 16.4. The van der Waals surface area contributed by atoms with Crippen LogP contribution in [0.3, 0.4) is 0 Å². The Morgan fingerprint density at radius 2 is 1.17 bits per heavy atom. The third-order valence-electron chi connectivity index (χ3n) is 3.83. The average molecular weight is 314 g/mol. The van der Waals surface area contributed by atoms with E-state index in [0.717, 1.165) is 22.5 Å². The second-order valence-corrected chi connectivity index (χ2v) is 5.30. The van der Waals surface area contributed by atoms with Crippen molar-refractivity contribution in [3.8, 4) is 0 Å². The zero-order valence-corrected chi connectivity index (χ0v) is 12.7. The molecule has 2 aliphatic heterocycles. The Hall–Kier alpha value is -3.47. The van der Waals surface area contributed by atoms with Gasteiger partial charge in [-0.1, -0.05) is 36.4 Å². The van der Waals surface area contributed by atoms with E-state index >= 15 is 0 Å². The molecule has 0 saturated heterocycles. The molecule has 2 aliphatic rings. The number of anilines is 2. The van der Waals surface area contributed by atoms with E-state index in [1.807, 2.05) is 48.5 Å². The molecule has 2 heterocycles. The van der Waals surface area contributed by atoms with Crippen LogP contribution in [0.4, 0.5) is 11.4 Å². The summed E-state index contributed by atoms with van der Waals surface area (Å²) in [5, 5.41) is 6.26. The van der Waals surface area contributed by atoms with Crippen LogP contribution in [0.25, 0.3) is 0 Å². The van der Waals surface area contributed by atoms with Gasteiger partial charge in [0.25, 0.3) is 0 Å². The van der Waals surface area contributed by atoms with Gasteiger partial charge in [-0.3, -0.25) is 14.8 Å². The summed E-state index contributed by atoms with van der Waals surface area (Å²) in [6.07, 6.45) is 6.60. The molecule has 0 unspecified atom stereocenters. The molecule has 0 aromatic heterocycles. The summed E-state index contributed by atoms with van der Waals surface area (Å²) in [4.78, 5) is 21.9. The Morgan fingerprint density at radius 3 is 1.67 bits per heavy atom. The predicted molar refractivity (Wildman–Crippen MR) is 96.5 cm³/mol. The molecule has 0 amide bonds. The zero-order valence-electron chi connectivity index (χ0n) is 12.7. The minimum absolute atomic E-state index is 0.211. The van der Waals surface area contributed by atoms with E-state index < -0.39 is 0 Å². The molecule has 0 spiro atoms. The van der Waals surface area contributed by atoms with Crippen LogP contribution in [0.2, 0.25) is 0 Å². The lowest BCUT2D eigenvalue weighted by molar-refractivity contribution is -0.107. The third kappa shape index (κ3) is 2.42. The van der Waals surface area contributed by atoms with Crippen LogP contribution in [-0.2, 0) is 4.79 Å². The molecular weight excluding hydrogens is 300 g/mol. The molecular formula is C19H14N4O. The smallest absolute Gasteiger partial charge is 0.231 e. The molecule has 0 saturated carbocycles. The molecule has 0 aliphatic carbocycles. The summed E-state index contributed by atoms with van der Waals surface area (Å²) in [6.45, 7) is 0. The lowest BCUT2D eigenvalue weighted by atomic mass is 9.96. The van der Waals surface area contributed by atoms with Crippen LogP contribution in [-0.4, -0.2) is 17.2 Å². The highest BCUT2D eigenvalue weighted by Gasteiger charge is 2.25. The van der Waals surface area contributed by atoms with Crippen molar-refractivity contribution in [3.05, 3.63) is 84.5 Å². The molecule has 5 nitrogen and oxygen atoms in total. The van der Waals surface area contributed by atoms with E-state index in [1.165, 1.54) is 0 Å². The van der Waals surface area contributed by atoms with Gasteiger partial charge in [-0.25, -0.2) is 0 Å². The first-order valence-electron chi connectivity index (χ1n) is 7.57. The number of nitrogens with zero attached hydrogens (tertiary/aromatic N) is 2. The summed E-state index contributed by atoms with van der Waals surface area (Å²) >= 11 is 0. The van der Waals surface area contributed by atoms with Gasteiger partial charge in [-0.05, 0) is 12.1 Å². The fourth-order valence-electron chi connectivity index (χ4n) is 2.72. The van der Waals surface area contributed by atoms with E-state index in [0.29, 0.717) is 11.4 Å². The number of benzene rings is 2. The maximum Gasteiger partial charge on any atom is 0.231 e. The maximum atomic E-state index is 13.2. The molecule has 2 aromatic carbocycles. The summed E-state index contributed by atoms with van der Waals surface area (Å²) in [6, 6.07) is 15.2. The Labute approximate surface area is 139 Å². The molecule has 116 valence electrons. The van der Waals surface area contributed by atoms with Crippen molar-refractivity contribution < 1.29 is 4.79 Å². The van der Waals surface area contributed by atoms with E-state index in [-0.39, 0.29) is 5.78 Å². The van der Waals surface area contributed by atoms with Crippen molar-refractivity contribution in [1.82, 2.24) is 0 Å². The topological polar surface area (TPSA) is 65.8 Å². The standard InChI is InChI=1S/C19H14N4O/c24-19(17-13-5-1-3-7-15(13)20-9-11-22-17)18-14-6-2-4-8-16(14)21-10-12-23-18/h1-12,20-21H. The number of ketones is 1. The van der Waals surface area contributed by atoms with Crippen molar-refractivity contribution in [2.45, 2.75) is 0 Å². The van der Waals surface area contributed by atoms with E-state index in [4.69, 9.17) is 0 Å². The number of aliphatic imine (C=N–C) groups is 2. The van der Waals surface area contributed by atoms with Gasteiger partial charge in [-0.2, -0.15) is 0 Å². The molecule has 2 aromatic rings.